The summed E-state index contributed by atoms with van der Waals surface area (Å²) in [7, 11) is 1.59. The van der Waals surface area contributed by atoms with E-state index >= 15 is 0 Å². The lowest BCUT2D eigenvalue weighted by atomic mass is 10.2. The number of benzene rings is 2. The Kier molecular flexibility index (Phi) is 3.98. The van der Waals surface area contributed by atoms with Gasteiger partial charge in [-0.15, -0.1) is 0 Å². The van der Waals surface area contributed by atoms with E-state index in [0.717, 1.165) is 10.9 Å². The first-order valence-corrected chi connectivity index (χ1v) is 7.37. The molecule has 0 atom stereocenters. The van der Waals surface area contributed by atoms with Gasteiger partial charge in [-0.3, -0.25) is 0 Å². The van der Waals surface area contributed by atoms with Crippen molar-refractivity contribution in [2.75, 3.05) is 0 Å². The molecule has 128 valence electrons. The maximum absolute atomic E-state index is 10.8. The maximum atomic E-state index is 10.8. The molecule has 0 aliphatic carbocycles. The first-order chi connectivity index (χ1) is 11.9. The van der Waals surface area contributed by atoms with Crippen molar-refractivity contribution in [1.82, 2.24) is 9.55 Å². The van der Waals surface area contributed by atoms with Crippen LogP contribution in [0.25, 0.3) is 21.8 Å². The van der Waals surface area contributed by atoms with Crippen LogP contribution in [0, 0.1) is 0 Å². The molecule has 7 heteroatoms. The third-order valence-corrected chi connectivity index (χ3v) is 3.89. The summed E-state index contributed by atoms with van der Waals surface area (Å²) in [6, 6.07) is 11.3. The number of nitrogens with zero attached hydrogens (tertiary/aromatic N) is 1. The van der Waals surface area contributed by atoms with Gasteiger partial charge in [0.2, 0.25) is 0 Å². The van der Waals surface area contributed by atoms with Gasteiger partial charge >= 0.3 is 5.97 Å². The van der Waals surface area contributed by atoms with E-state index in [4.69, 9.17) is 10.2 Å². The van der Waals surface area contributed by atoms with Crippen LogP contribution in [-0.2, 0) is 7.05 Å². The van der Waals surface area contributed by atoms with E-state index in [1.807, 2.05) is 18.3 Å². The highest BCUT2D eigenvalue weighted by atomic mass is 16.4. The van der Waals surface area contributed by atoms with Crippen molar-refractivity contribution in [3.63, 3.8) is 0 Å². The predicted octanol–water partition coefficient (Wildman–Crippen LogP) is 3.16. The highest BCUT2D eigenvalue weighted by Gasteiger charge is 2.13. The number of phenolic OH excluding ortho intramolecular Hbond substituents is 3. The largest absolute Gasteiger partial charge is 0.508 e. The Hall–Kier alpha value is -3.61. The van der Waals surface area contributed by atoms with Gasteiger partial charge in [-0.2, -0.15) is 0 Å². The van der Waals surface area contributed by atoms with E-state index in [0.29, 0.717) is 16.7 Å². The number of carboxylic acid groups (broad SMARTS) is 1. The van der Waals surface area contributed by atoms with E-state index in [2.05, 4.69) is 4.98 Å². The van der Waals surface area contributed by atoms with Crippen LogP contribution in [0.3, 0.4) is 0 Å². The molecule has 0 radical (unpaired) electrons. The predicted molar refractivity (Wildman–Crippen MR) is 93.2 cm³/mol. The van der Waals surface area contributed by atoms with Crippen molar-refractivity contribution in [1.29, 1.82) is 0 Å². The Morgan fingerprint density at radius 3 is 2.40 bits per heavy atom. The fourth-order valence-corrected chi connectivity index (χ4v) is 2.61. The van der Waals surface area contributed by atoms with Crippen LogP contribution in [0.5, 0.6) is 17.2 Å². The minimum Gasteiger partial charge on any atom is -0.508 e. The van der Waals surface area contributed by atoms with Crippen LogP contribution >= 0.6 is 0 Å². The molecule has 0 aliphatic heterocycles. The zero-order valence-corrected chi connectivity index (χ0v) is 13.3. The summed E-state index contributed by atoms with van der Waals surface area (Å²) in [4.78, 5) is 13.9. The van der Waals surface area contributed by atoms with Crippen molar-refractivity contribution < 1.29 is 25.2 Å². The monoisotopic (exact) mass is 340 g/mol. The molecular formula is C18H16N2O5. The normalized spacial score (nSPS) is 10.6. The van der Waals surface area contributed by atoms with Gasteiger partial charge in [0.25, 0.3) is 0 Å². The fourth-order valence-electron chi connectivity index (χ4n) is 2.61. The van der Waals surface area contributed by atoms with Crippen LogP contribution < -0.4 is 0 Å². The van der Waals surface area contributed by atoms with E-state index in [1.165, 1.54) is 22.8 Å². The second-order valence-corrected chi connectivity index (χ2v) is 5.54. The summed E-state index contributed by atoms with van der Waals surface area (Å²) in [5.41, 5.74) is 1.72. The zero-order valence-electron chi connectivity index (χ0n) is 13.3. The number of hydrogen-bond donors (Lipinski definition) is 5. The number of fused-ring (bicyclic) bond motifs is 2. The fraction of sp³-hybridized carbons (Fsp3) is 0.0556. The number of aromatic carboxylic acids is 1. The average Bonchev–Trinajstić information content (AvgIpc) is 3.14. The molecule has 5 N–H and O–H groups in total. The van der Waals surface area contributed by atoms with Gasteiger partial charge in [0, 0.05) is 35.6 Å². The van der Waals surface area contributed by atoms with Gasteiger partial charge < -0.3 is 30.0 Å². The number of rotatable bonds is 1. The van der Waals surface area contributed by atoms with Gasteiger partial charge in [0.1, 0.15) is 11.4 Å². The van der Waals surface area contributed by atoms with Crippen LogP contribution in [-0.4, -0.2) is 35.9 Å². The van der Waals surface area contributed by atoms with Gasteiger partial charge in [0.15, 0.2) is 11.5 Å². The lowest BCUT2D eigenvalue weighted by Gasteiger charge is -2.01. The van der Waals surface area contributed by atoms with E-state index in [9.17, 15) is 15.0 Å². The van der Waals surface area contributed by atoms with Crippen molar-refractivity contribution in [3.8, 4) is 17.2 Å². The Morgan fingerprint density at radius 2 is 1.68 bits per heavy atom. The molecule has 0 fully saturated rings. The van der Waals surface area contributed by atoms with E-state index in [1.54, 1.807) is 19.2 Å². The Morgan fingerprint density at radius 1 is 0.960 bits per heavy atom. The summed E-state index contributed by atoms with van der Waals surface area (Å²) in [6.07, 6.45) is 1.85. The second-order valence-electron chi connectivity index (χ2n) is 5.54. The number of nitrogens with one attached hydrogen (secondary N) is 1. The van der Waals surface area contributed by atoms with Gasteiger partial charge in [-0.05, 0) is 36.4 Å². The Balaban J connectivity index is 0.000000157. The third-order valence-electron chi connectivity index (χ3n) is 3.89. The highest BCUT2D eigenvalue weighted by Crippen LogP contribution is 2.31. The van der Waals surface area contributed by atoms with Crippen molar-refractivity contribution in [3.05, 3.63) is 54.4 Å². The van der Waals surface area contributed by atoms with Crippen molar-refractivity contribution in [2.24, 2.45) is 7.05 Å². The smallest absolute Gasteiger partial charge is 0.352 e. The summed E-state index contributed by atoms with van der Waals surface area (Å²) in [6.45, 7) is 0. The number of aromatic amines is 1. The molecule has 7 nitrogen and oxygen atoms in total. The first kappa shape index (κ1) is 16.3. The summed E-state index contributed by atoms with van der Waals surface area (Å²) in [5.74, 6) is -1.26. The van der Waals surface area contributed by atoms with Gasteiger partial charge in [-0.25, -0.2) is 4.79 Å². The topological polar surface area (TPSA) is 119 Å². The molecule has 25 heavy (non-hydrogen) atoms. The molecule has 0 unspecified atom stereocenters. The minimum atomic E-state index is -1.05. The van der Waals surface area contributed by atoms with E-state index in [-0.39, 0.29) is 17.2 Å². The quantitative estimate of drug-likeness (QED) is 0.341. The SMILES string of the molecule is Cn1c(C(=O)O)cc2cc(O)c(O)cc21.Oc1ccc2[nH]ccc2c1. The number of aromatic nitrogens is 2. The summed E-state index contributed by atoms with van der Waals surface area (Å²) < 4.78 is 1.44. The van der Waals surface area contributed by atoms with Gasteiger partial charge in [0.05, 0.1) is 5.52 Å². The summed E-state index contributed by atoms with van der Waals surface area (Å²) in [5, 5.41) is 38.0. The number of aryl methyl sites for hydroxylation is 1. The molecule has 0 saturated heterocycles. The number of carboxylic acids is 1. The summed E-state index contributed by atoms with van der Waals surface area (Å²) >= 11 is 0. The lowest BCUT2D eigenvalue weighted by molar-refractivity contribution is 0.0687. The average molecular weight is 340 g/mol. The standard InChI is InChI=1S/C10H9NO4.C8H7NO/c1-11-6-4-9(13)8(12)3-5(6)2-7(11)10(14)15;10-7-1-2-8-6(5-7)3-4-9-8/h2-4,12-13H,1H3,(H,14,15);1-5,9-10H. The maximum Gasteiger partial charge on any atom is 0.352 e. The molecule has 0 spiro atoms. The first-order valence-electron chi connectivity index (χ1n) is 7.37. The molecule has 4 rings (SSSR count). The number of hydrogen-bond acceptors (Lipinski definition) is 4. The number of carbonyl (C=O) groups is 1. The molecule has 0 saturated carbocycles. The van der Waals surface area contributed by atoms with E-state index < -0.39 is 5.97 Å². The molecule has 2 aromatic carbocycles. The van der Waals surface area contributed by atoms with Crippen LogP contribution in [0.15, 0.2) is 48.7 Å². The van der Waals surface area contributed by atoms with Crippen LogP contribution in [0.1, 0.15) is 10.5 Å². The van der Waals surface area contributed by atoms with Crippen LogP contribution in [0.4, 0.5) is 0 Å². The number of aromatic hydroxyl groups is 3. The molecular weight excluding hydrogens is 324 g/mol. The molecule has 4 aromatic rings. The Bertz CT molecular complexity index is 1080. The van der Waals surface area contributed by atoms with Crippen molar-refractivity contribution in [2.45, 2.75) is 0 Å². The Labute approximate surface area is 142 Å². The highest BCUT2D eigenvalue weighted by molar-refractivity contribution is 5.95. The van der Waals surface area contributed by atoms with Gasteiger partial charge in [-0.1, -0.05) is 0 Å². The molecule has 2 aromatic heterocycles. The number of phenols is 3. The lowest BCUT2D eigenvalue weighted by Crippen LogP contribution is -2.03. The zero-order chi connectivity index (χ0) is 18.1. The third kappa shape index (κ3) is 3.07. The molecule has 0 amide bonds. The number of H-pyrrole nitrogens is 1. The van der Waals surface area contributed by atoms with Crippen molar-refractivity contribution >= 4 is 27.8 Å². The molecule has 2 heterocycles. The molecule has 0 aliphatic rings. The van der Waals surface area contributed by atoms with Crippen LogP contribution in [0.2, 0.25) is 0 Å². The molecule has 0 bridgehead atoms. The minimum absolute atomic E-state index is 0.106. The second kappa shape index (κ2) is 6.12.